The van der Waals surface area contributed by atoms with Gasteiger partial charge in [0.15, 0.2) is 0 Å². The van der Waals surface area contributed by atoms with Gasteiger partial charge in [-0.05, 0) is 24.7 Å². The summed E-state index contributed by atoms with van der Waals surface area (Å²) in [5.41, 5.74) is 0.270. The Morgan fingerprint density at radius 3 is 2.61 bits per heavy atom. The summed E-state index contributed by atoms with van der Waals surface area (Å²) in [5.74, 6) is 1.29. The number of aromatic nitrogens is 2. The number of amides is 1. The highest BCUT2D eigenvalue weighted by atomic mass is 16.1. The lowest BCUT2D eigenvalue weighted by Crippen LogP contribution is -2.29. The van der Waals surface area contributed by atoms with Crippen LogP contribution < -0.4 is 5.32 Å². The van der Waals surface area contributed by atoms with Crippen LogP contribution in [0.15, 0.2) is 12.4 Å². The number of nitrogens with one attached hydrogen (secondary N) is 2. The normalized spacial score (nSPS) is 15.2. The van der Waals surface area contributed by atoms with Gasteiger partial charge in [-0.2, -0.15) is 0 Å². The maximum atomic E-state index is 11.9. The van der Waals surface area contributed by atoms with E-state index in [9.17, 15) is 4.79 Å². The molecule has 1 rings (SSSR count). The van der Waals surface area contributed by atoms with Crippen LogP contribution >= 0.6 is 0 Å². The molecule has 18 heavy (non-hydrogen) atoms. The number of H-pyrrole nitrogens is 1. The van der Waals surface area contributed by atoms with Crippen LogP contribution in [-0.2, 0) is 4.79 Å². The van der Waals surface area contributed by atoms with Crippen LogP contribution in [0.25, 0.3) is 0 Å². The zero-order valence-electron chi connectivity index (χ0n) is 12.1. The third kappa shape index (κ3) is 5.34. The average molecular weight is 251 g/mol. The van der Waals surface area contributed by atoms with E-state index in [1.54, 1.807) is 12.4 Å². The molecule has 0 saturated heterocycles. The lowest BCUT2D eigenvalue weighted by molar-refractivity contribution is -0.122. The second-order valence-corrected chi connectivity index (χ2v) is 6.34. The van der Waals surface area contributed by atoms with E-state index in [0.29, 0.717) is 12.3 Å². The Morgan fingerprint density at radius 2 is 2.11 bits per heavy atom. The Kier molecular flexibility index (Phi) is 4.93. The minimum absolute atomic E-state index is 0.0608. The Balaban J connectivity index is 2.38. The van der Waals surface area contributed by atoms with E-state index in [-0.39, 0.29) is 17.4 Å². The highest BCUT2D eigenvalue weighted by Gasteiger charge is 2.19. The van der Waals surface area contributed by atoms with Crippen molar-refractivity contribution in [2.45, 2.75) is 53.5 Å². The maximum Gasteiger partial charge on any atom is 0.220 e. The fraction of sp³-hybridized carbons (Fsp3) is 0.714. The summed E-state index contributed by atoms with van der Waals surface area (Å²) in [5, 5.41) is 2.97. The molecule has 1 heterocycles. The minimum Gasteiger partial charge on any atom is -0.347 e. The first-order chi connectivity index (χ1) is 8.28. The van der Waals surface area contributed by atoms with Crippen molar-refractivity contribution in [1.29, 1.82) is 0 Å². The molecular formula is C14H25N3O. The van der Waals surface area contributed by atoms with E-state index in [1.165, 1.54) is 0 Å². The Bertz CT molecular complexity index is 365. The molecule has 0 spiro atoms. The van der Waals surface area contributed by atoms with Crippen molar-refractivity contribution in [3.63, 3.8) is 0 Å². The summed E-state index contributed by atoms with van der Waals surface area (Å²) in [6.07, 6.45) is 5.08. The van der Waals surface area contributed by atoms with E-state index >= 15 is 0 Å². The highest BCUT2D eigenvalue weighted by Crippen LogP contribution is 2.25. The van der Waals surface area contributed by atoms with E-state index in [2.05, 4.69) is 43.0 Å². The van der Waals surface area contributed by atoms with Crippen LogP contribution in [-0.4, -0.2) is 15.9 Å². The summed E-state index contributed by atoms with van der Waals surface area (Å²) in [4.78, 5) is 19.0. The van der Waals surface area contributed by atoms with Gasteiger partial charge < -0.3 is 10.3 Å². The summed E-state index contributed by atoms with van der Waals surface area (Å²) in [7, 11) is 0. The van der Waals surface area contributed by atoms with Gasteiger partial charge in [0.05, 0.1) is 6.04 Å². The molecule has 102 valence electrons. The molecule has 1 aromatic heterocycles. The number of hydrogen-bond acceptors (Lipinski definition) is 2. The predicted octanol–water partition coefficient (Wildman–Crippen LogP) is 3.05. The Morgan fingerprint density at radius 1 is 1.44 bits per heavy atom. The molecule has 0 bridgehead atoms. The van der Waals surface area contributed by atoms with Crippen molar-refractivity contribution in [1.82, 2.24) is 15.3 Å². The number of nitrogens with zero attached hydrogens (tertiary/aromatic N) is 1. The maximum absolute atomic E-state index is 11.9. The van der Waals surface area contributed by atoms with Crippen LogP contribution in [0.1, 0.15) is 59.3 Å². The largest absolute Gasteiger partial charge is 0.347 e. The lowest BCUT2D eigenvalue weighted by Gasteiger charge is -2.23. The van der Waals surface area contributed by atoms with Gasteiger partial charge in [-0.3, -0.25) is 4.79 Å². The molecule has 2 unspecified atom stereocenters. The number of carbonyl (C=O) groups excluding carboxylic acids is 1. The third-order valence-electron chi connectivity index (χ3n) is 2.80. The molecule has 4 nitrogen and oxygen atoms in total. The monoisotopic (exact) mass is 251 g/mol. The van der Waals surface area contributed by atoms with Crippen molar-refractivity contribution < 1.29 is 4.79 Å². The molecule has 0 fully saturated rings. The first-order valence-corrected chi connectivity index (χ1v) is 6.56. The van der Waals surface area contributed by atoms with E-state index in [0.717, 1.165) is 12.2 Å². The molecule has 0 aromatic carbocycles. The molecule has 0 aliphatic heterocycles. The molecule has 2 atom stereocenters. The van der Waals surface area contributed by atoms with Gasteiger partial charge in [-0.15, -0.1) is 0 Å². The summed E-state index contributed by atoms with van der Waals surface area (Å²) in [6.45, 7) is 10.7. The van der Waals surface area contributed by atoms with E-state index < -0.39 is 0 Å². The molecular weight excluding hydrogens is 226 g/mol. The van der Waals surface area contributed by atoms with Crippen molar-refractivity contribution in [2.75, 3.05) is 0 Å². The summed E-state index contributed by atoms with van der Waals surface area (Å²) in [6, 6.07) is -0.0608. The van der Waals surface area contributed by atoms with Crippen LogP contribution in [0.4, 0.5) is 0 Å². The molecule has 0 radical (unpaired) electrons. The fourth-order valence-electron chi connectivity index (χ4n) is 2.32. The Hall–Kier alpha value is -1.32. The van der Waals surface area contributed by atoms with E-state index in [1.807, 2.05) is 6.92 Å². The van der Waals surface area contributed by atoms with Gasteiger partial charge in [-0.1, -0.05) is 27.7 Å². The SMILES string of the molecule is CC(CC(=O)NC(C)c1ncc[nH]1)CC(C)(C)C. The number of rotatable bonds is 5. The zero-order chi connectivity index (χ0) is 13.8. The van der Waals surface area contributed by atoms with Gasteiger partial charge in [0.25, 0.3) is 0 Å². The number of hydrogen-bond donors (Lipinski definition) is 2. The predicted molar refractivity (Wildman–Crippen MR) is 73.0 cm³/mol. The lowest BCUT2D eigenvalue weighted by atomic mass is 9.84. The zero-order valence-corrected chi connectivity index (χ0v) is 12.1. The first kappa shape index (κ1) is 14.7. The quantitative estimate of drug-likeness (QED) is 0.845. The third-order valence-corrected chi connectivity index (χ3v) is 2.80. The van der Waals surface area contributed by atoms with Crippen molar-refractivity contribution >= 4 is 5.91 Å². The van der Waals surface area contributed by atoms with Crippen LogP contribution in [0.2, 0.25) is 0 Å². The molecule has 0 saturated carbocycles. The summed E-state index contributed by atoms with van der Waals surface area (Å²) >= 11 is 0. The molecule has 2 N–H and O–H groups in total. The number of imidazole rings is 1. The molecule has 0 aliphatic carbocycles. The van der Waals surface area contributed by atoms with Gasteiger partial charge in [0.1, 0.15) is 5.82 Å². The topological polar surface area (TPSA) is 57.8 Å². The van der Waals surface area contributed by atoms with Gasteiger partial charge >= 0.3 is 0 Å². The van der Waals surface area contributed by atoms with Crippen LogP contribution in [0.3, 0.4) is 0 Å². The van der Waals surface area contributed by atoms with E-state index in [4.69, 9.17) is 0 Å². The minimum atomic E-state index is -0.0608. The standard InChI is InChI=1S/C14H25N3O/c1-10(9-14(3,4)5)8-12(18)17-11(2)13-15-6-7-16-13/h6-7,10-11H,8-9H2,1-5H3,(H,15,16)(H,17,18). The van der Waals surface area contributed by atoms with Crippen molar-refractivity contribution in [2.24, 2.45) is 11.3 Å². The molecule has 1 amide bonds. The number of carbonyl (C=O) groups is 1. The van der Waals surface area contributed by atoms with Gasteiger partial charge in [0, 0.05) is 18.8 Å². The van der Waals surface area contributed by atoms with Gasteiger partial charge in [0.2, 0.25) is 5.91 Å². The van der Waals surface area contributed by atoms with Crippen molar-refractivity contribution in [3.8, 4) is 0 Å². The first-order valence-electron chi connectivity index (χ1n) is 6.56. The molecule has 0 aliphatic rings. The highest BCUT2D eigenvalue weighted by molar-refractivity contribution is 5.76. The smallest absolute Gasteiger partial charge is 0.220 e. The fourth-order valence-corrected chi connectivity index (χ4v) is 2.32. The number of aromatic amines is 1. The molecule has 1 aromatic rings. The second-order valence-electron chi connectivity index (χ2n) is 6.34. The summed E-state index contributed by atoms with van der Waals surface area (Å²) < 4.78 is 0. The average Bonchev–Trinajstić information content (AvgIpc) is 2.65. The van der Waals surface area contributed by atoms with Crippen molar-refractivity contribution in [3.05, 3.63) is 18.2 Å². The van der Waals surface area contributed by atoms with Crippen LogP contribution in [0.5, 0.6) is 0 Å². The second kappa shape index (κ2) is 6.03. The van der Waals surface area contributed by atoms with Gasteiger partial charge in [-0.25, -0.2) is 4.98 Å². The van der Waals surface area contributed by atoms with Crippen LogP contribution in [0, 0.1) is 11.3 Å². The molecule has 4 heteroatoms. The Labute approximate surface area is 110 Å².